The molecule has 2 aromatic rings. The molecule has 4 rings (SSSR count). The SMILES string of the molecule is CCCCC1(c2ccccc2)NC(=O)N(Cc2cc(Cl)c3c(c2)OCO3)C1=O. The van der Waals surface area contributed by atoms with E-state index in [1.807, 2.05) is 30.3 Å². The zero-order valence-electron chi connectivity index (χ0n) is 15.5. The topological polar surface area (TPSA) is 67.9 Å². The Kier molecular flexibility index (Phi) is 4.89. The first-order chi connectivity index (χ1) is 13.5. The van der Waals surface area contributed by atoms with Crippen LogP contribution in [0, 0.1) is 0 Å². The first-order valence-corrected chi connectivity index (χ1v) is 9.70. The van der Waals surface area contributed by atoms with Crippen molar-refractivity contribution in [1.82, 2.24) is 10.2 Å². The number of nitrogens with zero attached hydrogens (tertiary/aromatic N) is 1. The monoisotopic (exact) mass is 400 g/mol. The summed E-state index contributed by atoms with van der Waals surface area (Å²) in [6.07, 6.45) is 2.30. The van der Waals surface area contributed by atoms with E-state index < -0.39 is 11.6 Å². The molecular weight excluding hydrogens is 380 g/mol. The number of nitrogens with one attached hydrogen (secondary N) is 1. The molecule has 0 aromatic heterocycles. The molecule has 0 aliphatic carbocycles. The summed E-state index contributed by atoms with van der Waals surface area (Å²) in [7, 11) is 0. The Hall–Kier alpha value is -2.73. The molecule has 146 valence electrons. The smallest absolute Gasteiger partial charge is 0.325 e. The molecule has 1 fully saturated rings. The van der Waals surface area contributed by atoms with Crippen molar-refractivity contribution in [3.63, 3.8) is 0 Å². The average Bonchev–Trinajstić information content (AvgIpc) is 3.26. The maximum Gasteiger partial charge on any atom is 0.325 e. The molecule has 2 aromatic carbocycles. The van der Waals surface area contributed by atoms with Gasteiger partial charge < -0.3 is 14.8 Å². The Labute approximate surface area is 168 Å². The summed E-state index contributed by atoms with van der Waals surface area (Å²) >= 11 is 6.24. The molecule has 7 heteroatoms. The third-order valence-electron chi connectivity index (χ3n) is 5.18. The van der Waals surface area contributed by atoms with E-state index in [2.05, 4.69) is 12.2 Å². The Morgan fingerprint density at radius 3 is 2.71 bits per heavy atom. The summed E-state index contributed by atoms with van der Waals surface area (Å²) < 4.78 is 10.7. The van der Waals surface area contributed by atoms with Crippen LogP contribution in [-0.4, -0.2) is 23.6 Å². The lowest BCUT2D eigenvalue weighted by molar-refractivity contribution is -0.132. The van der Waals surface area contributed by atoms with Crippen LogP contribution in [0.5, 0.6) is 11.5 Å². The zero-order chi connectivity index (χ0) is 19.7. The van der Waals surface area contributed by atoms with Crippen molar-refractivity contribution < 1.29 is 19.1 Å². The second kappa shape index (κ2) is 7.36. The van der Waals surface area contributed by atoms with Crippen LogP contribution < -0.4 is 14.8 Å². The number of amides is 3. The normalized spacial score (nSPS) is 20.6. The average molecular weight is 401 g/mol. The number of carbonyl (C=O) groups excluding carboxylic acids is 2. The van der Waals surface area contributed by atoms with Crippen molar-refractivity contribution in [2.24, 2.45) is 0 Å². The minimum absolute atomic E-state index is 0.107. The highest BCUT2D eigenvalue weighted by molar-refractivity contribution is 6.32. The maximum absolute atomic E-state index is 13.4. The summed E-state index contributed by atoms with van der Waals surface area (Å²) in [5.41, 5.74) is 0.471. The first-order valence-electron chi connectivity index (χ1n) is 9.33. The van der Waals surface area contributed by atoms with Gasteiger partial charge in [-0.05, 0) is 29.7 Å². The van der Waals surface area contributed by atoms with Crippen LogP contribution in [0.3, 0.4) is 0 Å². The fourth-order valence-electron chi connectivity index (χ4n) is 3.74. The predicted octanol–water partition coefficient (Wildman–Crippen LogP) is 4.21. The second-order valence-electron chi connectivity index (χ2n) is 7.01. The molecule has 1 N–H and O–H groups in total. The van der Waals surface area contributed by atoms with Crippen LogP contribution in [0.25, 0.3) is 0 Å². The van der Waals surface area contributed by atoms with Gasteiger partial charge in [-0.2, -0.15) is 0 Å². The van der Waals surface area contributed by atoms with E-state index in [0.717, 1.165) is 18.4 Å². The molecule has 6 nitrogen and oxygen atoms in total. The quantitative estimate of drug-likeness (QED) is 0.737. The number of halogens is 1. The van der Waals surface area contributed by atoms with E-state index in [1.54, 1.807) is 12.1 Å². The molecule has 0 saturated carbocycles. The number of fused-ring (bicyclic) bond motifs is 1. The molecule has 2 aliphatic heterocycles. The van der Waals surface area contributed by atoms with Gasteiger partial charge in [0.15, 0.2) is 11.5 Å². The Morgan fingerprint density at radius 2 is 1.96 bits per heavy atom. The van der Waals surface area contributed by atoms with Gasteiger partial charge in [-0.1, -0.05) is 61.7 Å². The standard InChI is InChI=1S/C21H21ClN2O4/c1-2-3-9-21(15-7-5-4-6-8-15)19(25)24(20(26)23-21)12-14-10-16(22)18-17(11-14)27-13-28-18/h4-8,10-11H,2-3,9,12-13H2,1H3,(H,23,26). The number of imide groups is 1. The molecular formula is C21H21ClN2O4. The summed E-state index contributed by atoms with van der Waals surface area (Å²) in [6.45, 7) is 2.28. The Bertz CT molecular complexity index is 918. The van der Waals surface area contributed by atoms with Gasteiger partial charge in [-0.3, -0.25) is 9.69 Å². The van der Waals surface area contributed by atoms with E-state index in [9.17, 15) is 9.59 Å². The van der Waals surface area contributed by atoms with Gasteiger partial charge in [0.1, 0.15) is 5.54 Å². The van der Waals surface area contributed by atoms with Gasteiger partial charge in [0.2, 0.25) is 6.79 Å². The van der Waals surface area contributed by atoms with Crippen molar-refractivity contribution in [3.05, 3.63) is 58.6 Å². The minimum atomic E-state index is -1.03. The molecule has 0 bridgehead atoms. The molecule has 1 saturated heterocycles. The van der Waals surface area contributed by atoms with Gasteiger partial charge in [0.05, 0.1) is 11.6 Å². The number of carbonyl (C=O) groups is 2. The van der Waals surface area contributed by atoms with Gasteiger partial charge >= 0.3 is 6.03 Å². The molecule has 28 heavy (non-hydrogen) atoms. The van der Waals surface area contributed by atoms with Gasteiger partial charge in [0, 0.05) is 0 Å². The Morgan fingerprint density at radius 1 is 1.18 bits per heavy atom. The fraction of sp³-hybridized carbons (Fsp3) is 0.333. The van der Waals surface area contributed by atoms with Gasteiger partial charge in [-0.25, -0.2) is 4.79 Å². The van der Waals surface area contributed by atoms with Crippen LogP contribution >= 0.6 is 11.6 Å². The molecule has 1 unspecified atom stereocenters. The van der Waals surface area contributed by atoms with Crippen molar-refractivity contribution in [3.8, 4) is 11.5 Å². The van der Waals surface area contributed by atoms with E-state index >= 15 is 0 Å². The number of benzene rings is 2. The van der Waals surface area contributed by atoms with Gasteiger partial charge in [-0.15, -0.1) is 0 Å². The molecule has 2 heterocycles. The molecule has 3 amide bonds. The molecule has 0 radical (unpaired) electrons. The number of ether oxygens (including phenoxy) is 2. The molecule has 2 aliphatic rings. The number of unbranched alkanes of at least 4 members (excludes halogenated alkanes) is 1. The van der Waals surface area contributed by atoms with E-state index in [0.29, 0.717) is 28.5 Å². The Balaban J connectivity index is 1.65. The largest absolute Gasteiger partial charge is 0.454 e. The zero-order valence-corrected chi connectivity index (χ0v) is 16.3. The third-order valence-corrected chi connectivity index (χ3v) is 5.46. The van der Waals surface area contributed by atoms with Crippen LogP contribution in [0.15, 0.2) is 42.5 Å². The van der Waals surface area contributed by atoms with Crippen molar-refractivity contribution in [2.75, 3.05) is 6.79 Å². The van der Waals surface area contributed by atoms with Crippen LogP contribution in [0.1, 0.15) is 37.3 Å². The summed E-state index contributed by atoms with van der Waals surface area (Å²) in [5, 5.41) is 3.35. The predicted molar refractivity (Wildman–Crippen MR) is 104 cm³/mol. The van der Waals surface area contributed by atoms with Crippen LogP contribution in [0.4, 0.5) is 4.79 Å². The highest BCUT2D eigenvalue weighted by Crippen LogP contribution is 2.41. The van der Waals surface area contributed by atoms with E-state index in [1.165, 1.54) is 4.90 Å². The lowest BCUT2D eigenvalue weighted by atomic mass is 9.85. The third kappa shape index (κ3) is 3.07. The van der Waals surface area contributed by atoms with Crippen molar-refractivity contribution >= 4 is 23.5 Å². The first kappa shape index (κ1) is 18.6. The summed E-state index contributed by atoms with van der Waals surface area (Å²) in [5.74, 6) is 0.769. The number of urea groups is 1. The molecule has 1 atom stereocenters. The number of hydrogen-bond acceptors (Lipinski definition) is 4. The van der Waals surface area contributed by atoms with Crippen molar-refractivity contribution in [1.29, 1.82) is 0 Å². The lowest BCUT2D eigenvalue weighted by Gasteiger charge is -2.27. The minimum Gasteiger partial charge on any atom is -0.454 e. The number of rotatable bonds is 6. The van der Waals surface area contributed by atoms with E-state index in [-0.39, 0.29) is 19.2 Å². The summed E-state index contributed by atoms with van der Waals surface area (Å²) in [6, 6.07) is 12.5. The lowest BCUT2D eigenvalue weighted by Crippen LogP contribution is -2.44. The van der Waals surface area contributed by atoms with E-state index in [4.69, 9.17) is 21.1 Å². The highest BCUT2D eigenvalue weighted by Gasteiger charge is 2.51. The second-order valence-corrected chi connectivity index (χ2v) is 7.41. The highest BCUT2D eigenvalue weighted by atomic mass is 35.5. The summed E-state index contributed by atoms with van der Waals surface area (Å²) in [4.78, 5) is 27.4. The molecule has 0 spiro atoms. The fourth-order valence-corrected chi connectivity index (χ4v) is 4.03. The van der Waals surface area contributed by atoms with Gasteiger partial charge in [0.25, 0.3) is 5.91 Å². The number of hydrogen-bond donors (Lipinski definition) is 1. The van der Waals surface area contributed by atoms with Crippen molar-refractivity contribution in [2.45, 2.75) is 38.3 Å². The van der Waals surface area contributed by atoms with Crippen LogP contribution in [-0.2, 0) is 16.9 Å². The maximum atomic E-state index is 13.4. The van der Waals surface area contributed by atoms with Crippen LogP contribution in [0.2, 0.25) is 5.02 Å².